The molecule has 4 fully saturated rings. The van der Waals surface area contributed by atoms with E-state index in [1.807, 2.05) is 0 Å². The number of nitrogens with one attached hydrogen (secondary N) is 1. The summed E-state index contributed by atoms with van der Waals surface area (Å²) in [5.74, 6) is 5.91. The van der Waals surface area contributed by atoms with E-state index in [1.54, 1.807) is 5.57 Å². The molecule has 1 N–H and O–H groups in total. The van der Waals surface area contributed by atoms with E-state index in [2.05, 4.69) is 76.9 Å². The van der Waals surface area contributed by atoms with Gasteiger partial charge < -0.3 is 24.4 Å². The molecule has 0 spiro atoms. The third kappa shape index (κ3) is 17.5. The molecule has 6 heteroatoms. The molecular weight excluding hydrogens is 801 g/mol. The number of amides is 1. The Morgan fingerprint density at radius 1 is 0.800 bits per heavy atom. The molecule has 4 aliphatic carbocycles. The number of carbonyl (C=O) groups excluding carboxylic acids is 1. The standard InChI is InChI=1S/C59H106N2O4/c1-8-10-11-12-13-14-15-16-17-18-19-20-21-22-23-24-41-63-46-52(45-61-40-36-49(44-61)27-9-2)64-42-26-39-60-57(62)65-51-34-37-58(6)50(43-51)30-31-53-55-33-32-54(48(5)29-25-28-47(3)4)59(55,7)38-35-56(53)58/h16-17,30,47-49,51-56H,8-15,18-29,31-46H2,1-7H3,(H,60,62)/t48-,49?,51+,52?,53?,54-,55?,56?,58+,59-/m1/s1. The molecular formula is C59H106N2O4. The Balaban J connectivity index is 0.946. The molecule has 1 amide bonds. The molecule has 0 aromatic carbocycles. The van der Waals surface area contributed by atoms with Crippen LogP contribution in [0.4, 0.5) is 4.79 Å². The van der Waals surface area contributed by atoms with Crippen molar-refractivity contribution in [3.8, 4) is 0 Å². The van der Waals surface area contributed by atoms with Crippen LogP contribution < -0.4 is 5.32 Å². The molecule has 5 unspecified atom stereocenters. The zero-order valence-electron chi connectivity index (χ0n) is 44.0. The number of nitrogens with zero attached hydrogens (tertiary/aromatic N) is 1. The first-order valence-electron chi connectivity index (χ1n) is 28.8. The number of carbonyl (C=O) groups is 1. The smallest absolute Gasteiger partial charge is 0.407 e. The van der Waals surface area contributed by atoms with Crippen molar-refractivity contribution < 1.29 is 19.0 Å². The van der Waals surface area contributed by atoms with Crippen molar-refractivity contribution in [2.24, 2.45) is 52.3 Å². The van der Waals surface area contributed by atoms with Gasteiger partial charge in [-0.05, 0) is 155 Å². The van der Waals surface area contributed by atoms with Gasteiger partial charge in [0.1, 0.15) is 6.10 Å². The average Bonchev–Trinajstić information content (AvgIpc) is 3.89. The van der Waals surface area contributed by atoms with Gasteiger partial charge in [-0.25, -0.2) is 4.79 Å². The molecule has 1 aliphatic heterocycles. The van der Waals surface area contributed by atoms with Gasteiger partial charge in [0.15, 0.2) is 0 Å². The van der Waals surface area contributed by atoms with Crippen LogP contribution in [0.5, 0.6) is 0 Å². The lowest BCUT2D eigenvalue weighted by Crippen LogP contribution is -2.51. The highest BCUT2D eigenvalue weighted by molar-refractivity contribution is 5.67. The summed E-state index contributed by atoms with van der Waals surface area (Å²) in [6.07, 6.45) is 44.7. The topological polar surface area (TPSA) is 60.0 Å². The predicted molar refractivity (Wildman–Crippen MR) is 275 cm³/mol. The first-order chi connectivity index (χ1) is 31.6. The van der Waals surface area contributed by atoms with Gasteiger partial charge in [-0.15, -0.1) is 0 Å². The fourth-order valence-electron chi connectivity index (χ4n) is 14.3. The Morgan fingerprint density at radius 3 is 2.28 bits per heavy atom. The van der Waals surface area contributed by atoms with Crippen molar-refractivity contribution in [3.05, 3.63) is 23.8 Å². The summed E-state index contributed by atoms with van der Waals surface area (Å²) in [6.45, 7) is 23.2. The van der Waals surface area contributed by atoms with Crippen LogP contribution in [0.25, 0.3) is 0 Å². The third-order valence-corrected chi connectivity index (χ3v) is 18.1. The van der Waals surface area contributed by atoms with Crippen LogP contribution >= 0.6 is 0 Å². The Kier molecular flexibility index (Phi) is 24.9. The highest BCUT2D eigenvalue weighted by atomic mass is 16.6. The van der Waals surface area contributed by atoms with Gasteiger partial charge in [-0.3, -0.25) is 0 Å². The van der Waals surface area contributed by atoms with E-state index in [0.29, 0.717) is 25.2 Å². The number of likely N-dealkylation sites (tertiary alicyclic amines) is 1. The van der Waals surface area contributed by atoms with Crippen LogP contribution in [0.3, 0.4) is 0 Å². The molecule has 65 heavy (non-hydrogen) atoms. The van der Waals surface area contributed by atoms with E-state index in [1.165, 1.54) is 167 Å². The summed E-state index contributed by atoms with van der Waals surface area (Å²) < 4.78 is 18.9. The Labute approximate surface area is 402 Å². The van der Waals surface area contributed by atoms with Crippen molar-refractivity contribution in [2.75, 3.05) is 46.0 Å². The minimum atomic E-state index is -0.254. The maximum atomic E-state index is 13.1. The summed E-state index contributed by atoms with van der Waals surface area (Å²) >= 11 is 0. The Hall–Kier alpha value is -1.37. The molecule has 5 rings (SSSR count). The summed E-state index contributed by atoms with van der Waals surface area (Å²) in [4.78, 5) is 15.7. The summed E-state index contributed by atoms with van der Waals surface area (Å²) in [5, 5.41) is 3.08. The maximum absolute atomic E-state index is 13.1. The maximum Gasteiger partial charge on any atom is 0.407 e. The van der Waals surface area contributed by atoms with E-state index in [4.69, 9.17) is 14.2 Å². The van der Waals surface area contributed by atoms with Gasteiger partial charge >= 0.3 is 6.09 Å². The SMILES string of the molecule is CCCCCCCCC=CCCCCCCCCOCC(CN1CCC(CCC)C1)OCCCNC(=O)O[C@H]1CC[C@@]2(C)C(=CCC3C2CC[C@@]2(C)C3CC[C@@H]2[C@H](C)CCCC(C)C)C1. The molecule has 1 heterocycles. The molecule has 3 saturated carbocycles. The molecule has 0 radical (unpaired) electrons. The lowest BCUT2D eigenvalue weighted by atomic mass is 9.47. The van der Waals surface area contributed by atoms with E-state index in [0.717, 1.165) is 86.7 Å². The molecule has 0 bridgehead atoms. The van der Waals surface area contributed by atoms with Crippen LogP contribution in [-0.4, -0.2) is 69.2 Å². The van der Waals surface area contributed by atoms with Crippen molar-refractivity contribution in [1.29, 1.82) is 0 Å². The van der Waals surface area contributed by atoms with E-state index < -0.39 is 0 Å². The lowest BCUT2D eigenvalue weighted by Gasteiger charge is -2.58. The molecule has 10 atom stereocenters. The fourth-order valence-corrected chi connectivity index (χ4v) is 14.3. The van der Waals surface area contributed by atoms with Crippen LogP contribution in [0.15, 0.2) is 23.8 Å². The zero-order chi connectivity index (χ0) is 46.3. The van der Waals surface area contributed by atoms with E-state index in [9.17, 15) is 4.79 Å². The average molecular weight is 908 g/mol. The Bertz CT molecular complexity index is 1360. The minimum absolute atomic E-state index is 0.0103. The molecule has 6 nitrogen and oxygen atoms in total. The number of unbranched alkanes of at least 4 members (excludes halogenated alkanes) is 12. The fraction of sp³-hybridized carbons (Fsp3) is 0.915. The van der Waals surface area contributed by atoms with Gasteiger partial charge in [0.05, 0.1) is 12.7 Å². The Morgan fingerprint density at radius 2 is 1.54 bits per heavy atom. The minimum Gasteiger partial charge on any atom is -0.446 e. The molecule has 0 aromatic rings. The number of hydrogen-bond acceptors (Lipinski definition) is 5. The highest BCUT2D eigenvalue weighted by Gasteiger charge is 2.59. The van der Waals surface area contributed by atoms with Gasteiger partial charge in [-0.2, -0.15) is 0 Å². The number of alkyl carbamates (subject to hydrolysis) is 1. The highest BCUT2D eigenvalue weighted by Crippen LogP contribution is 2.67. The lowest BCUT2D eigenvalue weighted by molar-refractivity contribution is -0.0581. The van der Waals surface area contributed by atoms with E-state index in [-0.39, 0.29) is 23.7 Å². The first-order valence-corrected chi connectivity index (χ1v) is 28.8. The second-order valence-electron chi connectivity index (χ2n) is 23.5. The van der Waals surface area contributed by atoms with Gasteiger partial charge in [0, 0.05) is 39.3 Å². The van der Waals surface area contributed by atoms with Crippen molar-refractivity contribution >= 4 is 6.09 Å². The second kappa shape index (κ2) is 29.6. The molecule has 1 saturated heterocycles. The van der Waals surface area contributed by atoms with Crippen LogP contribution in [0.1, 0.15) is 235 Å². The second-order valence-corrected chi connectivity index (χ2v) is 23.5. The number of fused-ring (bicyclic) bond motifs is 5. The number of hydrogen-bond donors (Lipinski definition) is 1. The van der Waals surface area contributed by atoms with Crippen molar-refractivity contribution in [3.63, 3.8) is 0 Å². The monoisotopic (exact) mass is 907 g/mol. The summed E-state index contributed by atoms with van der Waals surface area (Å²) in [6, 6.07) is 0. The van der Waals surface area contributed by atoms with Crippen LogP contribution in [0.2, 0.25) is 0 Å². The molecule has 0 aromatic heterocycles. The van der Waals surface area contributed by atoms with Gasteiger partial charge in [0.25, 0.3) is 0 Å². The summed E-state index contributed by atoms with van der Waals surface area (Å²) in [7, 11) is 0. The largest absolute Gasteiger partial charge is 0.446 e. The predicted octanol–water partition coefficient (Wildman–Crippen LogP) is 16.1. The summed E-state index contributed by atoms with van der Waals surface area (Å²) in [5.41, 5.74) is 2.39. The molecule has 5 aliphatic rings. The van der Waals surface area contributed by atoms with E-state index >= 15 is 0 Å². The van der Waals surface area contributed by atoms with Crippen LogP contribution in [0, 0.1) is 52.3 Å². The normalized spacial score (nSPS) is 30.0. The zero-order valence-corrected chi connectivity index (χ0v) is 44.0. The van der Waals surface area contributed by atoms with Crippen molar-refractivity contribution in [1.82, 2.24) is 10.2 Å². The number of rotatable bonds is 33. The number of allylic oxidation sites excluding steroid dienone is 3. The third-order valence-electron chi connectivity index (χ3n) is 18.1. The van der Waals surface area contributed by atoms with Gasteiger partial charge in [0.2, 0.25) is 0 Å². The van der Waals surface area contributed by atoms with Crippen LogP contribution in [-0.2, 0) is 14.2 Å². The quantitative estimate of drug-likeness (QED) is 0.0525. The molecule has 376 valence electrons. The van der Waals surface area contributed by atoms with Crippen molar-refractivity contribution in [2.45, 2.75) is 247 Å². The number of ether oxygens (including phenoxy) is 3. The first kappa shape index (κ1) is 54.6. The van der Waals surface area contributed by atoms with Gasteiger partial charge in [-0.1, -0.05) is 156 Å².